The second-order valence-corrected chi connectivity index (χ2v) is 8.05. The second kappa shape index (κ2) is 8.98. The van der Waals surface area contributed by atoms with E-state index in [1.807, 2.05) is 0 Å². The number of hydrazine groups is 1. The molecule has 1 fully saturated rings. The fourth-order valence-corrected chi connectivity index (χ4v) is 3.74. The lowest BCUT2D eigenvalue weighted by molar-refractivity contribution is 0.0256. The van der Waals surface area contributed by atoms with Crippen molar-refractivity contribution in [1.82, 2.24) is 9.97 Å². The predicted octanol–water partition coefficient (Wildman–Crippen LogP) is 3.93. The quantitative estimate of drug-likeness (QED) is 0.303. The summed E-state index contributed by atoms with van der Waals surface area (Å²) >= 11 is 0. The summed E-state index contributed by atoms with van der Waals surface area (Å²) in [6.45, 7) is -0.711. The van der Waals surface area contributed by atoms with Crippen LogP contribution in [0.5, 0.6) is 5.75 Å². The number of nitrogens with two attached hydrogens (primary N) is 2. The lowest BCUT2D eigenvalue weighted by Gasteiger charge is -2.26. The maximum Gasteiger partial charge on any atom is 0.331 e. The lowest BCUT2D eigenvalue weighted by Crippen LogP contribution is -2.35. The third-order valence-corrected chi connectivity index (χ3v) is 5.58. The van der Waals surface area contributed by atoms with Crippen LogP contribution < -0.4 is 26.2 Å². The summed E-state index contributed by atoms with van der Waals surface area (Å²) in [5.74, 6) is -1.02. The van der Waals surface area contributed by atoms with Gasteiger partial charge in [0.05, 0.1) is 20.2 Å². The van der Waals surface area contributed by atoms with Crippen LogP contribution >= 0.6 is 0 Å². The Morgan fingerprint density at radius 1 is 1.09 bits per heavy atom. The van der Waals surface area contributed by atoms with E-state index < -0.39 is 30.6 Å². The number of methoxy groups -OCH3 is 1. The minimum Gasteiger partial charge on any atom is -0.497 e. The normalized spacial score (nSPS) is 15.4. The molecule has 7 nitrogen and oxygen atoms in total. The van der Waals surface area contributed by atoms with Crippen LogP contribution in [0.25, 0.3) is 0 Å². The van der Waals surface area contributed by atoms with Gasteiger partial charge in [-0.05, 0) is 17.7 Å². The molecule has 0 amide bonds. The number of nitrogens with zero attached hydrogens (tertiary/aromatic N) is 4. The molecule has 1 aliphatic rings. The number of benzene rings is 2. The number of hydrogen-bond donors (Lipinski definition) is 2. The Kier molecular flexibility index (Phi) is 6.22. The molecule has 180 valence electrons. The zero-order valence-electron chi connectivity index (χ0n) is 18.4. The highest BCUT2D eigenvalue weighted by atomic mass is 19.3. The van der Waals surface area contributed by atoms with Crippen LogP contribution in [0.15, 0.2) is 54.6 Å². The van der Waals surface area contributed by atoms with Gasteiger partial charge >= 0.3 is 5.92 Å². The number of anilines is 3. The number of nitrogen functional groups attached to an aromatic ring is 1. The van der Waals surface area contributed by atoms with Gasteiger partial charge in [-0.15, -0.1) is 0 Å². The van der Waals surface area contributed by atoms with Gasteiger partial charge in [-0.25, -0.2) is 24.6 Å². The first-order valence-corrected chi connectivity index (χ1v) is 10.5. The molecule has 0 saturated carbocycles. The van der Waals surface area contributed by atoms with Crippen molar-refractivity contribution in [3.05, 3.63) is 71.5 Å². The van der Waals surface area contributed by atoms with Gasteiger partial charge in [0.2, 0.25) is 5.82 Å². The Labute approximate surface area is 193 Å². The predicted molar refractivity (Wildman–Crippen MR) is 121 cm³/mol. The summed E-state index contributed by atoms with van der Waals surface area (Å²) in [5, 5.41) is 1.10. The van der Waals surface area contributed by atoms with Crippen molar-refractivity contribution < 1.29 is 22.3 Å². The molecule has 0 unspecified atom stereocenters. The molecular formula is C23H24F4N6O. The summed E-state index contributed by atoms with van der Waals surface area (Å²) in [5.41, 5.74) is 6.44. The number of ether oxygens (including phenoxy) is 1. The smallest absolute Gasteiger partial charge is 0.331 e. The molecule has 1 aliphatic heterocycles. The van der Waals surface area contributed by atoms with Gasteiger partial charge in [-0.1, -0.05) is 42.5 Å². The maximum absolute atomic E-state index is 15.4. The maximum atomic E-state index is 15.4. The molecule has 0 spiro atoms. The fourth-order valence-electron chi connectivity index (χ4n) is 3.74. The van der Waals surface area contributed by atoms with Crippen LogP contribution in [0, 0.1) is 0 Å². The lowest BCUT2D eigenvalue weighted by atomic mass is 10.1. The minimum absolute atomic E-state index is 0.0666. The first kappa shape index (κ1) is 23.6. The van der Waals surface area contributed by atoms with Crippen molar-refractivity contribution in [2.24, 2.45) is 5.84 Å². The van der Waals surface area contributed by atoms with E-state index in [1.165, 1.54) is 36.3 Å². The van der Waals surface area contributed by atoms with E-state index in [-0.39, 0.29) is 36.0 Å². The Balaban J connectivity index is 1.76. The van der Waals surface area contributed by atoms with Crippen molar-refractivity contribution in [2.45, 2.75) is 24.8 Å². The monoisotopic (exact) mass is 476 g/mol. The standard InChI is InChI=1S/C23H24F4N6O/c1-34-17-9-7-15(8-10-17)13-33(29)20-18(28)19(32-12-11-22(24,25)14-32)30-21(31-20)23(26,27)16-5-3-2-4-6-16/h2-10H,11-14,28-29H2,1H3. The van der Waals surface area contributed by atoms with Gasteiger partial charge in [0, 0.05) is 18.5 Å². The summed E-state index contributed by atoms with van der Waals surface area (Å²) < 4.78 is 63.7. The second-order valence-electron chi connectivity index (χ2n) is 8.05. The van der Waals surface area contributed by atoms with Gasteiger partial charge in [-0.2, -0.15) is 8.78 Å². The number of rotatable bonds is 7. The Morgan fingerprint density at radius 3 is 2.35 bits per heavy atom. The zero-order chi connectivity index (χ0) is 24.5. The van der Waals surface area contributed by atoms with Crippen LogP contribution in [-0.4, -0.2) is 36.1 Å². The van der Waals surface area contributed by atoms with Gasteiger partial charge in [0.15, 0.2) is 11.6 Å². The molecule has 1 aromatic heterocycles. The Hall–Kier alpha value is -3.60. The Morgan fingerprint density at radius 2 is 1.76 bits per heavy atom. The average Bonchev–Trinajstić information content (AvgIpc) is 3.19. The van der Waals surface area contributed by atoms with Crippen LogP contribution in [0.1, 0.15) is 23.4 Å². The molecule has 4 rings (SSSR count). The number of hydrogen-bond acceptors (Lipinski definition) is 7. The molecule has 1 saturated heterocycles. The largest absolute Gasteiger partial charge is 0.497 e. The van der Waals surface area contributed by atoms with E-state index in [2.05, 4.69) is 9.97 Å². The van der Waals surface area contributed by atoms with Gasteiger partial charge in [-0.3, -0.25) is 5.01 Å². The highest BCUT2D eigenvalue weighted by Gasteiger charge is 2.43. The van der Waals surface area contributed by atoms with Crippen LogP contribution in [0.4, 0.5) is 34.9 Å². The molecule has 0 aliphatic carbocycles. The summed E-state index contributed by atoms with van der Waals surface area (Å²) in [6, 6.07) is 13.9. The van der Waals surface area contributed by atoms with Crippen LogP contribution in [-0.2, 0) is 12.5 Å². The minimum atomic E-state index is -3.61. The molecule has 3 aromatic rings. The highest BCUT2D eigenvalue weighted by molar-refractivity contribution is 5.76. The van der Waals surface area contributed by atoms with E-state index >= 15 is 8.78 Å². The number of halogens is 4. The molecule has 2 aromatic carbocycles. The molecule has 0 atom stereocenters. The zero-order valence-corrected chi connectivity index (χ0v) is 18.4. The Bertz CT molecular complexity index is 1140. The van der Waals surface area contributed by atoms with E-state index in [1.54, 1.807) is 30.3 Å². The van der Waals surface area contributed by atoms with Crippen molar-refractivity contribution in [1.29, 1.82) is 0 Å². The van der Waals surface area contributed by atoms with Crippen LogP contribution in [0.2, 0.25) is 0 Å². The van der Waals surface area contributed by atoms with E-state index in [0.29, 0.717) is 5.75 Å². The molecule has 2 heterocycles. The summed E-state index contributed by atoms with van der Waals surface area (Å²) in [6.07, 6.45) is -0.436. The average molecular weight is 476 g/mol. The number of aromatic nitrogens is 2. The molecule has 0 bridgehead atoms. The topological polar surface area (TPSA) is 93.5 Å². The van der Waals surface area contributed by atoms with Crippen molar-refractivity contribution in [3.8, 4) is 5.75 Å². The first-order valence-electron chi connectivity index (χ1n) is 10.5. The summed E-state index contributed by atoms with van der Waals surface area (Å²) in [7, 11) is 1.53. The van der Waals surface area contributed by atoms with E-state index in [4.69, 9.17) is 16.3 Å². The third kappa shape index (κ3) is 4.69. The molecule has 34 heavy (non-hydrogen) atoms. The first-order chi connectivity index (χ1) is 16.1. The molecule has 4 N–H and O–H groups in total. The SMILES string of the molecule is COc1ccc(CN(N)c2nc(C(F)(F)c3ccccc3)nc(N3CCC(F)(F)C3)c2N)cc1. The van der Waals surface area contributed by atoms with Crippen molar-refractivity contribution >= 4 is 17.3 Å². The van der Waals surface area contributed by atoms with Crippen LogP contribution in [0.3, 0.4) is 0 Å². The highest BCUT2D eigenvalue weighted by Crippen LogP contribution is 2.40. The van der Waals surface area contributed by atoms with E-state index in [0.717, 1.165) is 10.6 Å². The third-order valence-electron chi connectivity index (χ3n) is 5.58. The summed E-state index contributed by atoms with van der Waals surface area (Å²) in [4.78, 5) is 9.13. The van der Waals surface area contributed by atoms with Gasteiger partial charge in [0.25, 0.3) is 5.92 Å². The molecular weight excluding hydrogens is 452 g/mol. The van der Waals surface area contributed by atoms with E-state index in [9.17, 15) is 8.78 Å². The fraction of sp³-hybridized carbons (Fsp3) is 0.304. The molecule has 0 radical (unpaired) electrons. The van der Waals surface area contributed by atoms with Crippen molar-refractivity contribution in [3.63, 3.8) is 0 Å². The number of alkyl halides is 4. The molecule has 11 heteroatoms. The van der Waals surface area contributed by atoms with Gasteiger partial charge < -0.3 is 15.4 Å². The van der Waals surface area contributed by atoms with Crippen molar-refractivity contribution in [2.75, 3.05) is 35.8 Å². The van der Waals surface area contributed by atoms with Gasteiger partial charge in [0.1, 0.15) is 11.4 Å².